The fourth-order valence-electron chi connectivity index (χ4n) is 2.73. The first-order valence-corrected chi connectivity index (χ1v) is 8.49. The number of aryl methyl sites for hydroxylation is 2. The molecule has 3 rings (SSSR count). The fourth-order valence-corrected chi connectivity index (χ4v) is 2.73. The zero-order valence-corrected chi connectivity index (χ0v) is 15.1. The fraction of sp³-hybridized carbons (Fsp3) is 0.250. The van der Waals surface area contributed by atoms with E-state index in [0.29, 0.717) is 17.9 Å². The maximum atomic E-state index is 12.7. The Morgan fingerprint density at radius 3 is 2.62 bits per heavy atom. The number of rotatable bonds is 5. The molecule has 0 atom stereocenters. The molecule has 26 heavy (non-hydrogen) atoms. The number of carbonyl (C=O) groups excluding carboxylic acids is 1. The Labute approximate surface area is 151 Å². The predicted octanol–water partition coefficient (Wildman–Crippen LogP) is 2.89. The summed E-state index contributed by atoms with van der Waals surface area (Å²) in [5.41, 5.74) is 2.85. The van der Waals surface area contributed by atoms with Crippen molar-refractivity contribution in [3.8, 4) is 5.75 Å². The van der Waals surface area contributed by atoms with Gasteiger partial charge in [-0.05, 0) is 56.2 Å². The number of pyridine rings is 1. The van der Waals surface area contributed by atoms with Crippen LogP contribution in [0.5, 0.6) is 5.75 Å². The van der Waals surface area contributed by atoms with E-state index in [1.807, 2.05) is 50.2 Å². The molecule has 2 heterocycles. The summed E-state index contributed by atoms with van der Waals surface area (Å²) in [5, 5.41) is 2.71. The summed E-state index contributed by atoms with van der Waals surface area (Å²) in [5.74, 6) is 0.503. The van der Waals surface area contributed by atoms with Crippen LogP contribution in [0.25, 0.3) is 5.65 Å². The highest BCUT2D eigenvalue weighted by Gasteiger charge is 2.13. The number of hydrogen-bond donors (Lipinski definition) is 1. The van der Waals surface area contributed by atoms with E-state index in [1.165, 1.54) is 4.40 Å². The molecular formula is C20H21N3O3. The number of hydrogen-bond acceptors (Lipinski definition) is 4. The quantitative estimate of drug-likeness (QED) is 0.767. The Kier molecular flexibility index (Phi) is 5.02. The Balaban J connectivity index is 1.80. The number of anilines is 1. The standard InChI is InChI=1S/C20H21N3O3/c1-4-26-16-7-5-15(6-8-16)12-18(24)22-19-14(3)21-17-11-13(2)9-10-23(17)20(19)25/h5-11H,4,12H2,1-3H3,(H,22,24). The van der Waals surface area contributed by atoms with Crippen LogP contribution in [0.4, 0.5) is 5.69 Å². The highest BCUT2D eigenvalue weighted by Crippen LogP contribution is 2.14. The van der Waals surface area contributed by atoms with Crippen molar-refractivity contribution in [2.75, 3.05) is 11.9 Å². The first-order chi connectivity index (χ1) is 12.5. The lowest BCUT2D eigenvalue weighted by Crippen LogP contribution is -2.25. The first kappa shape index (κ1) is 17.7. The normalized spacial score (nSPS) is 10.7. The van der Waals surface area contributed by atoms with Crippen LogP contribution in [0.15, 0.2) is 47.4 Å². The second-order valence-electron chi connectivity index (χ2n) is 6.11. The van der Waals surface area contributed by atoms with Gasteiger partial charge in [0.05, 0.1) is 18.7 Å². The number of nitrogens with zero attached hydrogens (tertiary/aromatic N) is 2. The third kappa shape index (κ3) is 3.74. The molecule has 0 saturated carbocycles. The summed E-state index contributed by atoms with van der Waals surface area (Å²) in [7, 11) is 0. The van der Waals surface area contributed by atoms with E-state index >= 15 is 0 Å². The molecule has 0 unspecified atom stereocenters. The van der Waals surface area contributed by atoms with Crippen molar-refractivity contribution in [1.29, 1.82) is 0 Å². The van der Waals surface area contributed by atoms with Gasteiger partial charge in [0.1, 0.15) is 17.1 Å². The number of aromatic nitrogens is 2. The third-order valence-corrected chi connectivity index (χ3v) is 4.03. The predicted molar refractivity (Wildman–Crippen MR) is 101 cm³/mol. The van der Waals surface area contributed by atoms with E-state index in [0.717, 1.165) is 16.9 Å². The van der Waals surface area contributed by atoms with Crippen molar-refractivity contribution in [2.24, 2.45) is 0 Å². The van der Waals surface area contributed by atoms with Gasteiger partial charge in [-0.25, -0.2) is 4.98 Å². The largest absolute Gasteiger partial charge is 0.494 e. The average molecular weight is 351 g/mol. The van der Waals surface area contributed by atoms with E-state index in [1.54, 1.807) is 13.1 Å². The second-order valence-corrected chi connectivity index (χ2v) is 6.11. The highest BCUT2D eigenvalue weighted by molar-refractivity contribution is 5.92. The number of benzene rings is 1. The lowest BCUT2D eigenvalue weighted by molar-refractivity contribution is -0.115. The van der Waals surface area contributed by atoms with Gasteiger partial charge in [-0.15, -0.1) is 0 Å². The molecule has 1 N–H and O–H groups in total. The van der Waals surface area contributed by atoms with Gasteiger partial charge in [-0.3, -0.25) is 14.0 Å². The van der Waals surface area contributed by atoms with E-state index in [4.69, 9.17) is 4.74 Å². The molecule has 0 saturated heterocycles. The lowest BCUT2D eigenvalue weighted by Gasteiger charge is -2.10. The minimum absolute atomic E-state index is 0.169. The Morgan fingerprint density at radius 2 is 1.92 bits per heavy atom. The van der Waals surface area contributed by atoms with Gasteiger partial charge < -0.3 is 10.1 Å². The molecule has 134 valence electrons. The molecule has 6 heteroatoms. The van der Waals surface area contributed by atoms with E-state index in [2.05, 4.69) is 10.3 Å². The van der Waals surface area contributed by atoms with Crippen LogP contribution >= 0.6 is 0 Å². The van der Waals surface area contributed by atoms with Crippen LogP contribution in [-0.4, -0.2) is 21.9 Å². The molecule has 6 nitrogen and oxygen atoms in total. The summed E-state index contributed by atoms with van der Waals surface area (Å²) >= 11 is 0. The minimum atomic E-state index is -0.285. The molecule has 3 aromatic rings. The molecule has 0 fully saturated rings. The van der Waals surface area contributed by atoms with Crippen molar-refractivity contribution in [1.82, 2.24) is 9.38 Å². The van der Waals surface area contributed by atoms with Gasteiger partial charge in [-0.2, -0.15) is 0 Å². The SMILES string of the molecule is CCOc1ccc(CC(=O)Nc2c(C)nc3cc(C)ccn3c2=O)cc1. The molecule has 1 amide bonds. The average Bonchev–Trinajstić information content (AvgIpc) is 2.60. The lowest BCUT2D eigenvalue weighted by atomic mass is 10.1. The van der Waals surface area contributed by atoms with Crippen LogP contribution in [0.2, 0.25) is 0 Å². The number of nitrogens with one attached hydrogen (secondary N) is 1. The first-order valence-electron chi connectivity index (χ1n) is 8.49. The van der Waals surface area contributed by atoms with Crippen LogP contribution in [0.1, 0.15) is 23.7 Å². The van der Waals surface area contributed by atoms with Crippen LogP contribution in [-0.2, 0) is 11.2 Å². The monoisotopic (exact) mass is 351 g/mol. The molecule has 0 aliphatic carbocycles. The van der Waals surface area contributed by atoms with Crippen molar-refractivity contribution in [2.45, 2.75) is 27.2 Å². The summed E-state index contributed by atoms with van der Waals surface area (Å²) in [4.78, 5) is 29.4. The molecule has 0 spiro atoms. The summed E-state index contributed by atoms with van der Waals surface area (Å²) in [6, 6.07) is 11.0. The van der Waals surface area contributed by atoms with Crippen LogP contribution < -0.4 is 15.6 Å². The Hall–Kier alpha value is -3.15. The number of amides is 1. The molecule has 1 aromatic carbocycles. The molecule has 0 radical (unpaired) electrons. The molecule has 2 aromatic heterocycles. The third-order valence-electron chi connectivity index (χ3n) is 4.03. The Bertz CT molecular complexity index is 1010. The van der Waals surface area contributed by atoms with E-state index in [-0.39, 0.29) is 23.6 Å². The topological polar surface area (TPSA) is 72.7 Å². The van der Waals surface area contributed by atoms with Crippen molar-refractivity contribution in [3.63, 3.8) is 0 Å². The number of ether oxygens (including phenoxy) is 1. The summed E-state index contributed by atoms with van der Waals surface area (Å²) < 4.78 is 6.83. The van der Waals surface area contributed by atoms with Gasteiger partial charge in [0.25, 0.3) is 5.56 Å². The summed E-state index contributed by atoms with van der Waals surface area (Å²) in [6.45, 7) is 6.17. The Morgan fingerprint density at radius 1 is 1.19 bits per heavy atom. The second kappa shape index (κ2) is 7.39. The van der Waals surface area contributed by atoms with E-state index in [9.17, 15) is 9.59 Å². The molecular weight excluding hydrogens is 330 g/mol. The van der Waals surface area contributed by atoms with Gasteiger partial charge >= 0.3 is 0 Å². The van der Waals surface area contributed by atoms with Crippen LogP contribution in [0.3, 0.4) is 0 Å². The van der Waals surface area contributed by atoms with Gasteiger partial charge in [-0.1, -0.05) is 12.1 Å². The van der Waals surface area contributed by atoms with Crippen LogP contribution in [0, 0.1) is 13.8 Å². The van der Waals surface area contributed by atoms with Crippen molar-refractivity contribution >= 4 is 17.2 Å². The smallest absolute Gasteiger partial charge is 0.281 e. The molecule has 0 aliphatic rings. The van der Waals surface area contributed by atoms with Crippen molar-refractivity contribution in [3.05, 3.63) is 69.8 Å². The van der Waals surface area contributed by atoms with Gasteiger partial charge in [0.2, 0.25) is 5.91 Å². The number of carbonyl (C=O) groups is 1. The maximum Gasteiger partial charge on any atom is 0.281 e. The zero-order valence-electron chi connectivity index (χ0n) is 15.1. The highest BCUT2D eigenvalue weighted by atomic mass is 16.5. The minimum Gasteiger partial charge on any atom is -0.494 e. The van der Waals surface area contributed by atoms with Gasteiger partial charge in [0, 0.05) is 6.20 Å². The van der Waals surface area contributed by atoms with Crippen molar-refractivity contribution < 1.29 is 9.53 Å². The summed E-state index contributed by atoms with van der Waals surface area (Å²) in [6.07, 6.45) is 1.84. The molecule has 0 bridgehead atoms. The number of fused-ring (bicyclic) bond motifs is 1. The zero-order chi connectivity index (χ0) is 18.7. The molecule has 0 aliphatic heterocycles. The maximum absolute atomic E-state index is 12.7. The van der Waals surface area contributed by atoms with E-state index < -0.39 is 0 Å². The van der Waals surface area contributed by atoms with Gasteiger partial charge in [0.15, 0.2) is 0 Å².